The third-order valence-electron chi connectivity index (χ3n) is 4.41. The minimum absolute atomic E-state index is 0.0677. The van der Waals surface area contributed by atoms with Gasteiger partial charge >= 0.3 is 0 Å². The van der Waals surface area contributed by atoms with E-state index in [1.807, 2.05) is 19.1 Å². The van der Waals surface area contributed by atoms with Gasteiger partial charge in [0.2, 0.25) is 0 Å². The fourth-order valence-corrected chi connectivity index (χ4v) is 2.73. The summed E-state index contributed by atoms with van der Waals surface area (Å²) in [5.41, 5.74) is 0.391. The highest BCUT2D eigenvalue weighted by atomic mass is 35.5. The molecule has 0 bridgehead atoms. The van der Waals surface area contributed by atoms with E-state index < -0.39 is 0 Å². The number of nitrogens with zero attached hydrogens (tertiary/aromatic N) is 3. The number of furan rings is 1. The number of hydrogen-bond donors (Lipinski definition) is 0. The van der Waals surface area contributed by atoms with Gasteiger partial charge in [-0.2, -0.15) is 5.10 Å². The molecule has 0 spiro atoms. The predicted octanol–water partition coefficient (Wildman–Crippen LogP) is 4.26. The topological polar surface area (TPSA) is 60.5 Å². The summed E-state index contributed by atoms with van der Waals surface area (Å²) in [5, 5.41) is 4.96. The quantitative estimate of drug-likeness (QED) is 0.579. The number of aryl methyl sites for hydroxylation is 1. The average Bonchev–Trinajstić information content (AvgIpc) is 3.36. The number of benzene rings is 1. The van der Waals surface area contributed by atoms with Crippen molar-refractivity contribution < 1.29 is 13.9 Å². The molecule has 0 saturated carbocycles. The van der Waals surface area contributed by atoms with Gasteiger partial charge < -0.3 is 14.1 Å². The SMILES string of the molecule is CC(CCc1ccco1)N(C)C(=O)c1ccn(COc2ccc(Cl)cc2)n1. The van der Waals surface area contributed by atoms with Crippen LogP contribution in [0.5, 0.6) is 5.75 Å². The number of halogens is 1. The Balaban J connectivity index is 1.52. The number of carbonyl (C=O) groups excluding carboxylic acids is 1. The summed E-state index contributed by atoms with van der Waals surface area (Å²) in [4.78, 5) is 14.3. The third kappa shape index (κ3) is 5.14. The van der Waals surface area contributed by atoms with Crippen molar-refractivity contribution in [3.05, 3.63) is 71.4 Å². The van der Waals surface area contributed by atoms with Crippen LogP contribution in [0, 0.1) is 0 Å². The van der Waals surface area contributed by atoms with Crippen molar-refractivity contribution in [2.75, 3.05) is 7.05 Å². The first-order valence-electron chi connectivity index (χ1n) is 8.74. The summed E-state index contributed by atoms with van der Waals surface area (Å²) < 4.78 is 12.6. The number of aromatic nitrogens is 2. The summed E-state index contributed by atoms with van der Waals surface area (Å²) in [5.74, 6) is 1.49. The molecular formula is C20H22ClN3O3. The fourth-order valence-electron chi connectivity index (χ4n) is 2.60. The summed E-state index contributed by atoms with van der Waals surface area (Å²) in [7, 11) is 1.79. The van der Waals surface area contributed by atoms with Crippen LogP contribution in [-0.4, -0.2) is 33.7 Å². The second-order valence-electron chi connectivity index (χ2n) is 6.35. The lowest BCUT2D eigenvalue weighted by atomic mass is 10.1. The molecule has 0 fully saturated rings. The minimum Gasteiger partial charge on any atom is -0.471 e. The van der Waals surface area contributed by atoms with Gasteiger partial charge in [0, 0.05) is 30.7 Å². The van der Waals surface area contributed by atoms with Gasteiger partial charge in [-0.3, -0.25) is 4.79 Å². The molecule has 6 nitrogen and oxygen atoms in total. The van der Waals surface area contributed by atoms with Crippen molar-refractivity contribution in [1.29, 1.82) is 0 Å². The van der Waals surface area contributed by atoms with E-state index in [4.69, 9.17) is 20.8 Å². The van der Waals surface area contributed by atoms with E-state index in [1.54, 1.807) is 59.4 Å². The standard InChI is InChI=1S/C20H22ClN3O3/c1-15(5-8-17-4-3-13-26-17)23(2)20(25)19-11-12-24(22-19)14-27-18-9-6-16(21)7-10-18/h3-4,6-7,9-13,15H,5,8,14H2,1-2H3. The molecule has 1 atom stereocenters. The molecule has 1 unspecified atom stereocenters. The molecule has 1 aromatic carbocycles. The van der Waals surface area contributed by atoms with Crippen LogP contribution in [0.15, 0.2) is 59.3 Å². The van der Waals surface area contributed by atoms with Crippen molar-refractivity contribution in [2.24, 2.45) is 0 Å². The lowest BCUT2D eigenvalue weighted by Gasteiger charge is -2.23. The molecule has 27 heavy (non-hydrogen) atoms. The Hall–Kier alpha value is -2.73. The summed E-state index contributed by atoms with van der Waals surface area (Å²) >= 11 is 5.85. The first kappa shape index (κ1) is 19.0. The van der Waals surface area contributed by atoms with Crippen molar-refractivity contribution >= 4 is 17.5 Å². The molecule has 0 radical (unpaired) electrons. The maximum atomic E-state index is 12.6. The van der Waals surface area contributed by atoms with Gasteiger partial charge in [-0.05, 0) is 55.8 Å². The van der Waals surface area contributed by atoms with Gasteiger partial charge in [0.1, 0.15) is 11.5 Å². The maximum absolute atomic E-state index is 12.6. The van der Waals surface area contributed by atoms with E-state index >= 15 is 0 Å². The van der Waals surface area contributed by atoms with E-state index in [0.29, 0.717) is 16.5 Å². The number of amides is 1. The number of carbonyl (C=O) groups is 1. The third-order valence-corrected chi connectivity index (χ3v) is 4.66. The second-order valence-corrected chi connectivity index (χ2v) is 6.79. The molecule has 3 rings (SSSR count). The van der Waals surface area contributed by atoms with Crippen molar-refractivity contribution in [3.63, 3.8) is 0 Å². The van der Waals surface area contributed by atoms with Crippen molar-refractivity contribution in [1.82, 2.24) is 14.7 Å². The Labute approximate surface area is 163 Å². The van der Waals surface area contributed by atoms with Crippen LogP contribution in [0.3, 0.4) is 0 Å². The van der Waals surface area contributed by atoms with Gasteiger partial charge in [0.25, 0.3) is 5.91 Å². The molecule has 3 aromatic rings. The van der Waals surface area contributed by atoms with Crippen LogP contribution in [-0.2, 0) is 13.2 Å². The van der Waals surface area contributed by atoms with Gasteiger partial charge in [0.15, 0.2) is 12.4 Å². The average molecular weight is 388 g/mol. The zero-order valence-electron chi connectivity index (χ0n) is 15.3. The fraction of sp³-hybridized carbons (Fsp3) is 0.300. The molecule has 1 amide bonds. The molecular weight excluding hydrogens is 366 g/mol. The molecule has 0 aliphatic heterocycles. The number of rotatable bonds is 8. The summed E-state index contributed by atoms with van der Waals surface area (Å²) in [6.07, 6.45) is 4.99. The van der Waals surface area contributed by atoms with E-state index in [0.717, 1.165) is 18.6 Å². The van der Waals surface area contributed by atoms with Crippen LogP contribution in [0.2, 0.25) is 5.02 Å². The summed E-state index contributed by atoms with van der Waals surface area (Å²) in [6.45, 7) is 2.23. The first-order valence-corrected chi connectivity index (χ1v) is 9.12. The molecule has 142 valence electrons. The number of hydrogen-bond acceptors (Lipinski definition) is 4. The first-order chi connectivity index (χ1) is 13.0. The highest BCUT2D eigenvalue weighted by molar-refractivity contribution is 6.30. The van der Waals surface area contributed by atoms with Gasteiger partial charge in [-0.1, -0.05) is 11.6 Å². The van der Waals surface area contributed by atoms with E-state index in [2.05, 4.69) is 5.10 Å². The maximum Gasteiger partial charge on any atom is 0.274 e. The van der Waals surface area contributed by atoms with Crippen molar-refractivity contribution in [2.45, 2.75) is 32.5 Å². The molecule has 0 aliphatic rings. The monoisotopic (exact) mass is 387 g/mol. The van der Waals surface area contributed by atoms with Gasteiger partial charge in [-0.25, -0.2) is 4.68 Å². The van der Waals surface area contributed by atoms with E-state index in [9.17, 15) is 4.79 Å². The molecule has 7 heteroatoms. The summed E-state index contributed by atoms with van der Waals surface area (Å²) in [6, 6.07) is 12.7. The normalized spacial score (nSPS) is 12.0. The predicted molar refractivity (Wildman–Crippen MR) is 103 cm³/mol. The molecule has 2 heterocycles. The van der Waals surface area contributed by atoms with Crippen LogP contribution in [0.4, 0.5) is 0 Å². The Kier molecular flexibility index (Phi) is 6.19. The van der Waals surface area contributed by atoms with Crippen LogP contribution in [0.25, 0.3) is 0 Å². The Morgan fingerprint density at radius 3 is 2.78 bits per heavy atom. The number of ether oxygens (including phenoxy) is 1. The van der Waals surface area contributed by atoms with Crippen molar-refractivity contribution in [3.8, 4) is 5.75 Å². The lowest BCUT2D eigenvalue weighted by molar-refractivity contribution is 0.0728. The Bertz CT molecular complexity index is 859. The van der Waals surface area contributed by atoms with Gasteiger partial charge in [-0.15, -0.1) is 0 Å². The molecule has 0 aliphatic carbocycles. The smallest absolute Gasteiger partial charge is 0.274 e. The lowest BCUT2D eigenvalue weighted by Crippen LogP contribution is -2.35. The highest BCUT2D eigenvalue weighted by Crippen LogP contribution is 2.16. The Morgan fingerprint density at radius 1 is 1.30 bits per heavy atom. The zero-order chi connectivity index (χ0) is 19.2. The molecule has 0 saturated heterocycles. The molecule has 2 aromatic heterocycles. The van der Waals surface area contributed by atoms with Crippen LogP contribution >= 0.6 is 11.6 Å². The highest BCUT2D eigenvalue weighted by Gasteiger charge is 2.20. The van der Waals surface area contributed by atoms with Gasteiger partial charge in [0.05, 0.1) is 6.26 Å². The minimum atomic E-state index is -0.118. The van der Waals surface area contributed by atoms with Crippen LogP contribution in [0.1, 0.15) is 29.6 Å². The largest absolute Gasteiger partial charge is 0.471 e. The second kappa shape index (κ2) is 8.77. The van der Waals surface area contributed by atoms with Crippen LogP contribution < -0.4 is 4.74 Å². The zero-order valence-corrected chi connectivity index (χ0v) is 16.1. The van der Waals surface area contributed by atoms with E-state index in [1.165, 1.54) is 0 Å². The van der Waals surface area contributed by atoms with E-state index in [-0.39, 0.29) is 18.7 Å². The Morgan fingerprint density at radius 2 is 2.07 bits per heavy atom. The molecule has 0 N–H and O–H groups in total.